The van der Waals surface area contributed by atoms with E-state index in [4.69, 9.17) is 10.7 Å². The van der Waals surface area contributed by atoms with E-state index < -0.39 is 0 Å². The minimum Gasteiger partial charge on any atom is -0.381 e. The second kappa shape index (κ2) is 2.82. The van der Waals surface area contributed by atoms with Crippen LogP contribution in [0.1, 0.15) is 13.8 Å². The first-order valence-corrected chi connectivity index (χ1v) is 4.10. The van der Waals surface area contributed by atoms with Crippen molar-refractivity contribution >= 4 is 11.8 Å². The third-order valence-electron chi connectivity index (χ3n) is 1.43. The molecule has 3 N–H and O–H groups in total. The Labute approximate surface area is 64.9 Å². The van der Waals surface area contributed by atoms with Crippen LogP contribution in [-0.4, -0.2) is 11.5 Å². The van der Waals surface area contributed by atoms with Crippen molar-refractivity contribution in [3.05, 3.63) is 11.1 Å². The van der Waals surface area contributed by atoms with Gasteiger partial charge in [0, 0.05) is 11.1 Å². The molecular formula is C6H12N2OS. The predicted octanol–water partition coefficient (Wildman–Crippen LogP) is 0.791. The topological polar surface area (TPSA) is 47.3 Å². The molecule has 0 aliphatic carbocycles. The Kier molecular flexibility index (Phi) is 2.23. The average molecular weight is 160 g/mol. The van der Waals surface area contributed by atoms with Crippen LogP contribution in [0.3, 0.4) is 0 Å². The molecule has 0 aromatic heterocycles. The SMILES string of the molecule is CC(C)(ON)C1=CNCS1. The van der Waals surface area contributed by atoms with Crippen LogP contribution in [0.5, 0.6) is 0 Å². The summed E-state index contributed by atoms with van der Waals surface area (Å²) in [7, 11) is 0. The quantitative estimate of drug-likeness (QED) is 0.586. The van der Waals surface area contributed by atoms with Crippen LogP contribution >= 0.6 is 11.8 Å². The molecule has 0 aromatic carbocycles. The number of thioether (sulfide) groups is 1. The maximum atomic E-state index is 5.10. The molecule has 10 heavy (non-hydrogen) atoms. The summed E-state index contributed by atoms with van der Waals surface area (Å²) in [5, 5.41) is 3.08. The van der Waals surface area contributed by atoms with Crippen molar-refractivity contribution in [2.24, 2.45) is 5.90 Å². The van der Waals surface area contributed by atoms with E-state index in [1.165, 1.54) is 0 Å². The van der Waals surface area contributed by atoms with Gasteiger partial charge in [-0.2, -0.15) is 0 Å². The molecule has 1 rings (SSSR count). The standard InChI is InChI=1S/C6H12N2OS/c1-6(2,9-7)5-3-8-4-10-5/h3,8H,4,7H2,1-2H3. The lowest BCUT2D eigenvalue weighted by Crippen LogP contribution is -2.28. The molecule has 1 aliphatic rings. The van der Waals surface area contributed by atoms with Crippen LogP contribution in [-0.2, 0) is 4.84 Å². The van der Waals surface area contributed by atoms with Crippen molar-refractivity contribution < 1.29 is 4.84 Å². The van der Waals surface area contributed by atoms with E-state index in [1.807, 2.05) is 20.0 Å². The Morgan fingerprint density at radius 2 is 2.50 bits per heavy atom. The smallest absolute Gasteiger partial charge is 0.116 e. The molecule has 3 nitrogen and oxygen atoms in total. The maximum Gasteiger partial charge on any atom is 0.116 e. The molecule has 1 aliphatic heterocycles. The van der Waals surface area contributed by atoms with E-state index in [2.05, 4.69) is 5.32 Å². The molecule has 58 valence electrons. The largest absolute Gasteiger partial charge is 0.381 e. The lowest BCUT2D eigenvalue weighted by Gasteiger charge is -2.21. The van der Waals surface area contributed by atoms with Crippen molar-refractivity contribution in [3.63, 3.8) is 0 Å². The van der Waals surface area contributed by atoms with Crippen LogP contribution in [0, 0.1) is 0 Å². The number of hydrogen-bond donors (Lipinski definition) is 2. The average Bonchev–Trinajstić information content (AvgIpc) is 2.38. The first-order chi connectivity index (χ1) is 4.67. The summed E-state index contributed by atoms with van der Waals surface area (Å²) in [4.78, 5) is 5.94. The van der Waals surface area contributed by atoms with Crippen molar-refractivity contribution in [2.75, 3.05) is 5.88 Å². The van der Waals surface area contributed by atoms with Gasteiger partial charge >= 0.3 is 0 Å². The van der Waals surface area contributed by atoms with Crippen molar-refractivity contribution in [2.45, 2.75) is 19.4 Å². The molecule has 0 fully saturated rings. The molecule has 0 aromatic rings. The Morgan fingerprint density at radius 1 is 1.80 bits per heavy atom. The highest BCUT2D eigenvalue weighted by molar-refractivity contribution is 8.03. The second-order valence-corrected chi connectivity index (χ2v) is 3.65. The first kappa shape index (κ1) is 7.91. The van der Waals surface area contributed by atoms with Gasteiger partial charge in [0.2, 0.25) is 0 Å². The molecule has 0 atom stereocenters. The van der Waals surface area contributed by atoms with Gasteiger partial charge in [0.05, 0.1) is 5.88 Å². The number of hydrogen-bond acceptors (Lipinski definition) is 4. The Hall–Kier alpha value is -0.190. The molecule has 0 saturated heterocycles. The first-order valence-electron chi connectivity index (χ1n) is 3.11. The lowest BCUT2D eigenvalue weighted by atomic mass is 10.1. The second-order valence-electron chi connectivity index (χ2n) is 2.63. The summed E-state index contributed by atoms with van der Waals surface area (Å²) in [6.07, 6.45) is 1.94. The van der Waals surface area contributed by atoms with E-state index >= 15 is 0 Å². The van der Waals surface area contributed by atoms with Gasteiger partial charge in [0.1, 0.15) is 5.60 Å². The number of nitrogens with two attached hydrogens (primary N) is 1. The van der Waals surface area contributed by atoms with E-state index in [1.54, 1.807) is 11.8 Å². The van der Waals surface area contributed by atoms with Gasteiger partial charge in [-0.15, -0.1) is 11.8 Å². The Balaban J connectivity index is 2.62. The van der Waals surface area contributed by atoms with Crippen LogP contribution in [0.2, 0.25) is 0 Å². The normalized spacial score (nSPS) is 18.5. The number of rotatable bonds is 2. The molecule has 0 amide bonds. The van der Waals surface area contributed by atoms with Crippen LogP contribution in [0.15, 0.2) is 11.1 Å². The summed E-state index contributed by atoms with van der Waals surface area (Å²) < 4.78 is 0. The van der Waals surface area contributed by atoms with Gasteiger partial charge in [-0.25, -0.2) is 5.90 Å². The third-order valence-corrected chi connectivity index (χ3v) is 2.66. The van der Waals surface area contributed by atoms with E-state index in [-0.39, 0.29) is 5.60 Å². The highest BCUT2D eigenvalue weighted by Crippen LogP contribution is 2.31. The number of nitrogens with one attached hydrogen (secondary N) is 1. The molecule has 0 unspecified atom stereocenters. The van der Waals surface area contributed by atoms with Gasteiger partial charge < -0.3 is 5.32 Å². The van der Waals surface area contributed by atoms with E-state index in [0.29, 0.717) is 0 Å². The molecule has 0 saturated carbocycles. The monoisotopic (exact) mass is 160 g/mol. The summed E-state index contributed by atoms with van der Waals surface area (Å²) >= 11 is 1.72. The third kappa shape index (κ3) is 1.45. The highest BCUT2D eigenvalue weighted by atomic mass is 32.2. The van der Waals surface area contributed by atoms with Gasteiger partial charge in [-0.1, -0.05) is 0 Å². The summed E-state index contributed by atoms with van der Waals surface area (Å²) in [5.41, 5.74) is -0.339. The fraction of sp³-hybridized carbons (Fsp3) is 0.667. The predicted molar refractivity (Wildman–Crippen MR) is 43.0 cm³/mol. The Bertz CT molecular complexity index is 156. The minimum atomic E-state index is -0.339. The van der Waals surface area contributed by atoms with Crippen molar-refractivity contribution in [1.82, 2.24) is 5.32 Å². The zero-order valence-electron chi connectivity index (χ0n) is 6.18. The minimum absolute atomic E-state index is 0.339. The summed E-state index contributed by atoms with van der Waals surface area (Å²) in [6, 6.07) is 0. The summed E-state index contributed by atoms with van der Waals surface area (Å²) in [6.45, 7) is 3.89. The fourth-order valence-corrected chi connectivity index (χ4v) is 1.59. The zero-order valence-corrected chi connectivity index (χ0v) is 6.99. The van der Waals surface area contributed by atoms with Gasteiger partial charge in [-0.05, 0) is 13.8 Å². The molecule has 1 heterocycles. The van der Waals surface area contributed by atoms with Crippen LogP contribution < -0.4 is 11.2 Å². The highest BCUT2D eigenvalue weighted by Gasteiger charge is 2.25. The van der Waals surface area contributed by atoms with E-state index in [0.717, 1.165) is 10.8 Å². The lowest BCUT2D eigenvalue weighted by molar-refractivity contribution is 0.0158. The molecular weight excluding hydrogens is 148 g/mol. The molecule has 0 radical (unpaired) electrons. The van der Waals surface area contributed by atoms with Gasteiger partial charge in [-0.3, -0.25) is 4.84 Å². The van der Waals surface area contributed by atoms with E-state index in [9.17, 15) is 0 Å². The fourth-order valence-electron chi connectivity index (χ4n) is 0.701. The molecule has 4 heteroatoms. The molecule has 0 bridgehead atoms. The summed E-state index contributed by atoms with van der Waals surface area (Å²) in [5.74, 6) is 6.02. The van der Waals surface area contributed by atoms with Gasteiger partial charge in [0.25, 0.3) is 0 Å². The Morgan fingerprint density at radius 3 is 2.90 bits per heavy atom. The maximum absolute atomic E-state index is 5.10. The molecule has 0 spiro atoms. The van der Waals surface area contributed by atoms with Gasteiger partial charge in [0.15, 0.2) is 0 Å². The van der Waals surface area contributed by atoms with Crippen LogP contribution in [0.4, 0.5) is 0 Å². The van der Waals surface area contributed by atoms with Crippen LogP contribution in [0.25, 0.3) is 0 Å². The van der Waals surface area contributed by atoms with Crippen molar-refractivity contribution in [3.8, 4) is 0 Å². The van der Waals surface area contributed by atoms with Crippen molar-refractivity contribution in [1.29, 1.82) is 0 Å². The zero-order chi connectivity index (χ0) is 7.61.